The third-order valence-electron chi connectivity index (χ3n) is 5.01. The molecule has 0 amide bonds. The Kier molecular flexibility index (Phi) is 9.69. The van der Waals surface area contributed by atoms with Crippen molar-refractivity contribution in [2.75, 3.05) is 27.9 Å². The Morgan fingerprint density at radius 3 is 1.63 bits per heavy atom. The zero-order valence-corrected chi connectivity index (χ0v) is 20.6. The van der Waals surface area contributed by atoms with Crippen molar-refractivity contribution in [3.8, 4) is 17.2 Å². The van der Waals surface area contributed by atoms with E-state index < -0.39 is 54.4 Å². The number of rotatable bonds is 9. The van der Waals surface area contributed by atoms with Gasteiger partial charge in [-0.3, -0.25) is 19.2 Å². The number of carbonyl (C=O) groups is 4. The first-order valence-electron chi connectivity index (χ1n) is 10.6. The lowest BCUT2D eigenvalue weighted by atomic mass is 9.90. The van der Waals surface area contributed by atoms with Gasteiger partial charge in [-0.2, -0.15) is 0 Å². The van der Waals surface area contributed by atoms with Gasteiger partial charge in [-0.25, -0.2) is 0 Å². The topological polar surface area (TPSA) is 142 Å². The van der Waals surface area contributed by atoms with Gasteiger partial charge in [0.05, 0.1) is 21.3 Å². The average molecular weight is 498 g/mol. The Balaban J connectivity index is 2.68. The predicted molar refractivity (Wildman–Crippen MR) is 117 cm³/mol. The molecule has 194 valence electrons. The Morgan fingerprint density at radius 2 is 1.20 bits per heavy atom. The standard InChI is InChI=1S/C23H30O12/c1-11(24)31-10-18-21(32-12(2)25)23(34-14(4)27)22(33-13(3)26)19(35-18)15-8-16(28-5)20(30-7)17(9-15)29-6/h8-9,18-19,21-23H,10H2,1-7H3/t18-,19+,21-,22+,23+/m1/s1. The van der Waals surface area contributed by atoms with Crippen LogP contribution in [-0.2, 0) is 42.9 Å². The molecule has 1 aromatic carbocycles. The smallest absolute Gasteiger partial charge is 0.303 e. The third kappa shape index (κ3) is 6.98. The molecule has 0 bridgehead atoms. The molecule has 12 nitrogen and oxygen atoms in total. The van der Waals surface area contributed by atoms with E-state index in [0.717, 1.165) is 13.8 Å². The lowest BCUT2D eigenvalue weighted by Crippen LogP contribution is -2.59. The minimum absolute atomic E-state index is 0.287. The number of hydrogen-bond donors (Lipinski definition) is 0. The monoisotopic (exact) mass is 498 g/mol. The van der Waals surface area contributed by atoms with Gasteiger partial charge in [0.15, 0.2) is 29.8 Å². The van der Waals surface area contributed by atoms with Crippen molar-refractivity contribution in [1.29, 1.82) is 0 Å². The van der Waals surface area contributed by atoms with E-state index in [1.165, 1.54) is 35.2 Å². The van der Waals surface area contributed by atoms with Crippen LogP contribution in [0.5, 0.6) is 17.2 Å². The molecule has 0 aliphatic carbocycles. The maximum Gasteiger partial charge on any atom is 0.303 e. The van der Waals surface area contributed by atoms with Crippen LogP contribution in [-0.4, -0.2) is 76.2 Å². The highest BCUT2D eigenvalue weighted by atomic mass is 16.7. The van der Waals surface area contributed by atoms with Crippen LogP contribution in [0, 0.1) is 0 Å². The zero-order valence-electron chi connectivity index (χ0n) is 20.6. The van der Waals surface area contributed by atoms with E-state index in [0.29, 0.717) is 11.3 Å². The van der Waals surface area contributed by atoms with E-state index in [1.54, 1.807) is 12.1 Å². The molecule has 5 atom stereocenters. The Hall–Kier alpha value is -3.54. The molecule has 0 N–H and O–H groups in total. The second kappa shape index (κ2) is 12.2. The van der Waals surface area contributed by atoms with Gasteiger partial charge in [0.1, 0.15) is 18.8 Å². The van der Waals surface area contributed by atoms with Crippen LogP contribution in [0.25, 0.3) is 0 Å². The molecular formula is C23H30O12. The molecular weight excluding hydrogens is 468 g/mol. The molecule has 1 heterocycles. The Labute approximate surface area is 202 Å². The Morgan fingerprint density at radius 1 is 0.714 bits per heavy atom. The Bertz CT molecular complexity index is 917. The molecule has 0 unspecified atom stereocenters. The van der Waals surface area contributed by atoms with E-state index in [1.807, 2.05) is 0 Å². The van der Waals surface area contributed by atoms with Gasteiger partial charge in [0.25, 0.3) is 0 Å². The fourth-order valence-corrected chi connectivity index (χ4v) is 3.76. The minimum atomic E-state index is -1.29. The van der Waals surface area contributed by atoms with E-state index in [9.17, 15) is 19.2 Å². The van der Waals surface area contributed by atoms with Crippen molar-refractivity contribution < 1.29 is 57.1 Å². The fourth-order valence-electron chi connectivity index (χ4n) is 3.76. The third-order valence-corrected chi connectivity index (χ3v) is 5.01. The van der Waals surface area contributed by atoms with Gasteiger partial charge in [-0.15, -0.1) is 0 Å². The zero-order chi connectivity index (χ0) is 26.3. The predicted octanol–water partition coefficient (Wildman–Crippen LogP) is 1.51. The summed E-state index contributed by atoms with van der Waals surface area (Å²) >= 11 is 0. The summed E-state index contributed by atoms with van der Waals surface area (Å²) in [5.41, 5.74) is 0.400. The van der Waals surface area contributed by atoms with E-state index in [-0.39, 0.29) is 18.1 Å². The first kappa shape index (κ1) is 27.7. The van der Waals surface area contributed by atoms with Crippen molar-refractivity contribution in [1.82, 2.24) is 0 Å². The molecule has 1 aliphatic rings. The number of hydrogen-bond acceptors (Lipinski definition) is 12. The summed E-state index contributed by atoms with van der Waals surface area (Å²) in [6.45, 7) is 4.34. The van der Waals surface area contributed by atoms with Crippen LogP contribution in [0.15, 0.2) is 12.1 Å². The van der Waals surface area contributed by atoms with Crippen molar-refractivity contribution in [2.45, 2.75) is 58.2 Å². The van der Waals surface area contributed by atoms with Gasteiger partial charge >= 0.3 is 23.9 Å². The van der Waals surface area contributed by atoms with Crippen molar-refractivity contribution in [2.24, 2.45) is 0 Å². The highest BCUT2D eigenvalue weighted by Crippen LogP contribution is 2.44. The largest absolute Gasteiger partial charge is 0.493 e. The molecule has 1 saturated heterocycles. The first-order chi connectivity index (χ1) is 16.5. The molecule has 0 aromatic heterocycles. The summed E-state index contributed by atoms with van der Waals surface area (Å²) in [5, 5.41) is 0. The summed E-state index contributed by atoms with van der Waals surface area (Å²) in [5.74, 6) is -1.86. The number of benzene rings is 1. The van der Waals surface area contributed by atoms with Crippen LogP contribution < -0.4 is 14.2 Å². The summed E-state index contributed by atoms with van der Waals surface area (Å²) in [7, 11) is 4.29. The van der Waals surface area contributed by atoms with Crippen LogP contribution in [0.1, 0.15) is 39.4 Å². The normalized spacial score (nSPS) is 23.5. The molecule has 2 rings (SSSR count). The first-order valence-corrected chi connectivity index (χ1v) is 10.6. The van der Waals surface area contributed by atoms with Gasteiger partial charge < -0.3 is 37.9 Å². The average Bonchev–Trinajstić information content (AvgIpc) is 2.78. The highest BCUT2D eigenvalue weighted by Gasteiger charge is 2.52. The highest BCUT2D eigenvalue weighted by molar-refractivity contribution is 5.69. The molecule has 1 fully saturated rings. The quantitative estimate of drug-likeness (QED) is 0.360. The molecule has 0 radical (unpaired) electrons. The molecule has 1 aliphatic heterocycles. The molecule has 35 heavy (non-hydrogen) atoms. The summed E-state index contributed by atoms with van der Waals surface area (Å²) in [6.07, 6.45) is -5.96. The maximum atomic E-state index is 12.0. The fraction of sp³-hybridized carbons (Fsp3) is 0.565. The number of ether oxygens (including phenoxy) is 8. The van der Waals surface area contributed by atoms with Crippen LogP contribution in [0.4, 0.5) is 0 Å². The van der Waals surface area contributed by atoms with E-state index >= 15 is 0 Å². The van der Waals surface area contributed by atoms with Crippen LogP contribution in [0.3, 0.4) is 0 Å². The van der Waals surface area contributed by atoms with E-state index in [4.69, 9.17) is 37.9 Å². The summed E-state index contributed by atoms with van der Waals surface area (Å²) in [4.78, 5) is 47.4. The SMILES string of the molecule is COc1cc([C@@H]2O[C@H](COC(C)=O)[C@@H](OC(C)=O)[C@H](OC(C)=O)[C@H]2OC(C)=O)cc(OC)c1OC. The summed E-state index contributed by atoms with van der Waals surface area (Å²) in [6, 6.07) is 3.14. The number of carbonyl (C=O) groups excluding carboxylic acids is 4. The molecule has 12 heteroatoms. The second-order valence-electron chi connectivity index (χ2n) is 7.58. The minimum Gasteiger partial charge on any atom is -0.493 e. The summed E-state index contributed by atoms with van der Waals surface area (Å²) < 4.78 is 43.8. The van der Waals surface area contributed by atoms with Crippen LogP contribution in [0.2, 0.25) is 0 Å². The van der Waals surface area contributed by atoms with Crippen LogP contribution >= 0.6 is 0 Å². The molecule has 0 saturated carbocycles. The lowest BCUT2D eigenvalue weighted by molar-refractivity contribution is -0.254. The maximum absolute atomic E-state index is 12.0. The van der Waals surface area contributed by atoms with Gasteiger partial charge in [-0.05, 0) is 17.7 Å². The molecule has 0 spiro atoms. The van der Waals surface area contributed by atoms with Crippen molar-refractivity contribution in [3.05, 3.63) is 17.7 Å². The second-order valence-corrected chi connectivity index (χ2v) is 7.58. The van der Waals surface area contributed by atoms with Crippen molar-refractivity contribution in [3.63, 3.8) is 0 Å². The number of esters is 4. The molecule has 1 aromatic rings. The van der Waals surface area contributed by atoms with E-state index in [2.05, 4.69) is 0 Å². The van der Waals surface area contributed by atoms with Gasteiger partial charge in [0, 0.05) is 27.7 Å². The number of methoxy groups -OCH3 is 3. The van der Waals surface area contributed by atoms with Crippen molar-refractivity contribution >= 4 is 23.9 Å². The lowest BCUT2D eigenvalue weighted by Gasteiger charge is -2.44. The van der Waals surface area contributed by atoms with Gasteiger partial charge in [-0.1, -0.05) is 0 Å². The van der Waals surface area contributed by atoms with Gasteiger partial charge in [0.2, 0.25) is 5.75 Å².